The van der Waals surface area contributed by atoms with Crippen molar-refractivity contribution < 1.29 is 18.7 Å². The summed E-state index contributed by atoms with van der Waals surface area (Å²) in [6.07, 6.45) is 0. The van der Waals surface area contributed by atoms with E-state index in [2.05, 4.69) is 10.1 Å². The lowest BCUT2D eigenvalue weighted by Gasteiger charge is -2.00. The molecule has 0 unspecified atom stereocenters. The van der Waals surface area contributed by atoms with Crippen LogP contribution in [0.25, 0.3) is 10.4 Å². The quantitative estimate of drug-likeness (QED) is 0.854. The minimum atomic E-state index is -0.779. The number of nitrogens with two attached hydrogens (primary N) is 1. The molecule has 7 heteroatoms. The Morgan fingerprint density at radius 1 is 1.30 bits per heavy atom. The van der Waals surface area contributed by atoms with Crippen molar-refractivity contribution in [3.63, 3.8) is 0 Å². The number of esters is 1. The van der Waals surface area contributed by atoms with Crippen LogP contribution >= 0.6 is 11.3 Å². The van der Waals surface area contributed by atoms with Gasteiger partial charge in [0.2, 0.25) is 0 Å². The lowest BCUT2D eigenvalue weighted by Crippen LogP contribution is -2.20. The van der Waals surface area contributed by atoms with Crippen molar-refractivity contribution in [3.05, 3.63) is 41.0 Å². The SMILES string of the molecule is COC(=O)c1sc(-c2ccc(F)cc2)cc1NC(N)=O. The fourth-order valence-corrected chi connectivity index (χ4v) is 2.65. The number of carbonyl (C=O) groups excluding carboxylic acids is 2. The topological polar surface area (TPSA) is 81.4 Å². The molecule has 0 radical (unpaired) electrons. The van der Waals surface area contributed by atoms with E-state index in [-0.39, 0.29) is 16.4 Å². The molecule has 0 aliphatic carbocycles. The Morgan fingerprint density at radius 2 is 1.95 bits per heavy atom. The van der Waals surface area contributed by atoms with Crippen LogP contribution in [0.2, 0.25) is 0 Å². The first-order valence-electron chi connectivity index (χ1n) is 5.56. The molecule has 5 nitrogen and oxygen atoms in total. The molecule has 0 saturated carbocycles. The van der Waals surface area contributed by atoms with Gasteiger partial charge in [0.15, 0.2) is 0 Å². The zero-order valence-corrected chi connectivity index (χ0v) is 11.3. The van der Waals surface area contributed by atoms with Crippen molar-refractivity contribution in [3.8, 4) is 10.4 Å². The molecule has 1 aromatic carbocycles. The van der Waals surface area contributed by atoms with Crippen molar-refractivity contribution in [2.24, 2.45) is 5.73 Å². The monoisotopic (exact) mass is 294 g/mol. The number of nitrogens with one attached hydrogen (secondary N) is 1. The van der Waals surface area contributed by atoms with Gasteiger partial charge in [-0.2, -0.15) is 0 Å². The fourth-order valence-electron chi connectivity index (χ4n) is 1.62. The van der Waals surface area contributed by atoms with E-state index in [4.69, 9.17) is 5.73 Å². The van der Waals surface area contributed by atoms with Crippen LogP contribution in [0.5, 0.6) is 0 Å². The molecule has 2 amide bonds. The van der Waals surface area contributed by atoms with E-state index in [0.29, 0.717) is 4.88 Å². The molecule has 104 valence electrons. The normalized spacial score (nSPS) is 10.1. The molecule has 0 aliphatic rings. The van der Waals surface area contributed by atoms with Gasteiger partial charge in [0.1, 0.15) is 10.7 Å². The highest BCUT2D eigenvalue weighted by Crippen LogP contribution is 2.35. The van der Waals surface area contributed by atoms with Gasteiger partial charge in [-0.25, -0.2) is 14.0 Å². The van der Waals surface area contributed by atoms with Crippen LogP contribution in [0.15, 0.2) is 30.3 Å². The molecule has 0 aliphatic heterocycles. The summed E-state index contributed by atoms with van der Waals surface area (Å²) in [5.74, 6) is -0.930. The van der Waals surface area contributed by atoms with E-state index >= 15 is 0 Å². The minimum Gasteiger partial charge on any atom is -0.465 e. The third-order valence-electron chi connectivity index (χ3n) is 2.49. The van der Waals surface area contributed by atoms with E-state index in [9.17, 15) is 14.0 Å². The zero-order chi connectivity index (χ0) is 14.7. The predicted octanol–water partition coefficient (Wildman–Crippen LogP) is 2.83. The standard InChI is InChI=1S/C13H11FN2O3S/c1-19-12(17)11-9(16-13(15)18)6-10(20-11)7-2-4-8(14)5-3-7/h2-6H,1H3,(H3,15,16,18). The molecule has 0 bridgehead atoms. The predicted molar refractivity (Wildman–Crippen MR) is 74.3 cm³/mol. The lowest BCUT2D eigenvalue weighted by molar-refractivity contribution is 0.0607. The second kappa shape index (κ2) is 5.70. The van der Waals surface area contributed by atoms with E-state index in [1.54, 1.807) is 18.2 Å². The Morgan fingerprint density at radius 3 is 2.50 bits per heavy atom. The summed E-state index contributed by atoms with van der Waals surface area (Å²) in [5, 5.41) is 2.36. The van der Waals surface area contributed by atoms with Crippen LogP contribution in [0.3, 0.4) is 0 Å². The van der Waals surface area contributed by atoms with Gasteiger partial charge in [-0.1, -0.05) is 12.1 Å². The number of benzene rings is 1. The minimum absolute atomic E-state index is 0.227. The first-order chi connectivity index (χ1) is 9.51. The molecule has 0 saturated heterocycles. The van der Waals surface area contributed by atoms with Crippen molar-refractivity contribution >= 4 is 29.0 Å². The number of hydrogen-bond acceptors (Lipinski definition) is 4. The molecule has 20 heavy (non-hydrogen) atoms. The average molecular weight is 294 g/mol. The maximum Gasteiger partial charge on any atom is 0.350 e. The molecule has 0 atom stereocenters. The number of rotatable bonds is 3. The summed E-state index contributed by atoms with van der Waals surface area (Å²) in [4.78, 5) is 23.5. The number of urea groups is 1. The van der Waals surface area contributed by atoms with Crippen molar-refractivity contribution in [1.29, 1.82) is 0 Å². The molecule has 3 N–H and O–H groups in total. The number of thiophene rings is 1. The first kappa shape index (κ1) is 14.0. The van der Waals surface area contributed by atoms with Crippen molar-refractivity contribution in [1.82, 2.24) is 0 Å². The summed E-state index contributed by atoms with van der Waals surface area (Å²) in [7, 11) is 1.24. The fraction of sp³-hybridized carbons (Fsp3) is 0.0769. The summed E-state index contributed by atoms with van der Waals surface area (Å²) in [6, 6.07) is 6.60. The highest BCUT2D eigenvalue weighted by Gasteiger charge is 2.18. The van der Waals surface area contributed by atoms with Gasteiger partial charge in [-0.05, 0) is 23.8 Å². The highest BCUT2D eigenvalue weighted by molar-refractivity contribution is 7.18. The molecule has 1 heterocycles. The summed E-state index contributed by atoms with van der Waals surface area (Å²) < 4.78 is 17.5. The summed E-state index contributed by atoms with van der Waals surface area (Å²) in [5.41, 5.74) is 6.05. The van der Waals surface area contributed by atoms with E-state index in [1.807, 2.05) is 0 Å². The van der Waals surface area contributed by atoms with E-state index < -0.39 is 12.0 Å². The van der Waals surface area contributed by atoms with Crippen molar-refractivity contribution in [2.45, 2.75) is 0 Å². The third-order valence-corrected chi connectivity index (χ3v) is 3.65. The number of hydrogen-bond donors (Lipinski definition) is 2. The summed E-state index contributed by atoms with van der Waals surface area (Å²) in [6.45, 7) is 0. The summed E-state index contributed by atoms with van der Waals surface area (Å²) >= 11 is 1.13. The van der Waals surface area contributed by atoms with Gasteiger partial charge in [0, 0.05) is 4.88 Å². The highest BCUT2D eigenvalue weighted by atomic mass is 32.1. The van der Waals surface area contributed by atoms with Gasteiger partial charge in [-0.15, -0.1) is 11.3 Å². The Hall–Kier alpha value is -2.41. The first-order valence-corrected chi connectivity index (χ1v) is 6.37. The van der Waals surface area contributed by atoms with Gasteiger partial charge in [0.25, 0.3) is 0 Å². The van der Waals surface area contributed by atoms with Crippen LogP contribution in [0, 0.1) is 5.82 Å². The number of anilines is 1. The molecule has 0 spiro atoms. The molecular formula is C13H11FN2O3S. The number of amides is 2. The maximum absolute atomic E-state index is 12.9. The van der Waals surface area contributed by atoms with Crippen LogP contribution in [-0.2, 0) is 4.74 Å². The molecular weight excluding hydrogens is 283 g/mol. The molecule has 2 aromatic rings. The number of methoxy groups -OCH3 is 1. The lowest BCUT2D eigenvalue weighted by atomic mass is 10.2. The van der Waals surface area contributed by atoms with Crippen LogP contribution < -0.4 is 11.1 Å². The van der Waals surface area contributed by atoms with Gasteiger partial charge < -0.3 is 15.8 Å². The van der Waals surface area contributed by atoms with Gasteiger partial charge >= 0.3 is 12.0 Å². The number of carbonyl (C=O) groups is 2. The Balaban J connectivity index is 2.45. The van der Waals surface area contributed by atoms with Crippen LogP contribution in [0.1, 0.15) is 9.67 Å². The number of halogens is 1. The van der Waals surface area contributed by atoms with Crippen LogP contribution in [-0.4, -0.2) is 19.1 Å². The maximum atomic E-state index is 12.9. The Labute approximate surface area is 118 Å². The second-order valence-electron chi connectivity index (χ2n) is 3.84. The molecule has 0 fully saturated rings. The largest absolute Gasteiger partial charge is 0.465 e. The number of primary amides is 1. The molecule has 2 rings (SSSR count). The average Bonchev–Trinajstić information content (AvgIpc) is 2.81. The Bertz CT molecular complexity index is 652. The van der Waals surface area contributed by atoms with E-state index in [0.717, 1.165) is 16.9 Å². The second-order valence-corrected chi connectivity index (χ2v) is 4.89. The smallest absolute Gasteiger partial charge is 0.350 e. The van der Waals surface area contributed by atoms with Gasteiger partial charge in [0.05, 0.1) is 12.8 Å². The van der Waals surface area contributed by atoms with Gasteiger partial charge in [-0.3, -0.25) is 0 Å². The van der Waals surface area contributed by atoms with E-state index in [1.165, 1.54) is 19.2 Å². The molecule has 1 aromatic heterocycles. The zero-order valence-electron chi connectivity index (χ0n) is 10.5. The third kappa shape index (κ3) is 2.94. The van der Waals surface area contributed by atoms with Crippen LogP contribution in [0.4, 0.5) is 14.9 Å². The van der Waals surface area contributed by atoms with Crippen molar-refractivity contribution in [2.75, 3.05) is 12.4 Å². The number of ether oxygens (including phenoxy) is 1. The Kier molecular flexibility index (Phi) is 3.99.